The molecule has 6 rings (SSSR count). The molecule has 3 aromatic heterocycles. The molecule has 0 aliphatic carbocycles. The first-order chi connectivity index (χ1) is 17.7. The molecule has 37 heavy (non-hydrogen) atoms. The van der Waals surface area contributed by atoms with E-state index in [9.17, 15) is 9.32 Å². The highest BCUT2D eigenvalue weighted by molar-refractivity contribution is 7.83. The summed E-state index contributed by atoms with van der Waals surface area (Å²) in [5, 5.41) is 11.7. The number of rotatable bonds is 4. The molecular weight excluding hydrogens is 492 g/mol. The molecule has 1 fully saturated rings. The monoisotopic (exact) mass is 521 g/mol. The van der Waals surface area contributed by atoms with Gasteiger partial charge in [-0.25, -0.2) is 15.0 Å². The van der Waals surface area contributed by atoms with Crippen molar-refractivity contribution in [2.24, 2.45) is 0 Å². The summed E-state index contributed by atoms with van der Waals surface area (Å²) in [6.45, 7) is 6.92. The van der Waals surface area contributed by atoms with E-state index >= 15 is 0 Å². The number of hydrogen-bond acceptors (Lipinski definition) is 9. The van der Waals surface area contributed by atoms with Gasteiger partial charge in [-0.2, -0.15) is 0 Å². The molecule has 192 valence electrons. The Bertz CT molecular complexity index is 1520. The lowest BCUT2D eigenvalue weighted by molar-refractivity contribution is 0.0425. The zero-order valence-corrected chi connectivity index (χ0v) is 21.7. The van der Waals surface area contributed by atoms with Crippen LogP contribution in [0.5, 0.6) is 5.75 Å². The number of anilines is 2. The molecule has 5 heterocycles. The van der Waals surface area contributed by atoms with Crippen molar-refractivity contribution in [3.8, 4) is 17.1 Å². The number of pyridine rings is 1. The Morgan fingerprint density at radius 1 is 1.14 bits per heavy atom. The second-order valence-corrected chi connectivity index (χ2v) is 11.5. The van der Waals surface area contributed by atoms with Crippen LogP contribution >= 0.6 is 0 Å². The van der Waals surface area contributed by atoms with Gasteiger partial charge in [-0.05, 0) is 39.0 Å². The molecule has 0 bridgehead atoms. The topological polar surface area (TPSA) is 129 Å². The first-order valence-corrected chi connectivity index (χ1v) is 13.4. The first-order valence-electron chi connectivity index (χ1n) is 12.2. The van der Waals surface area contributed by atoms with Gasteiger partial charge in [-0.3, -0.25) is 0 Å². The van der Waals surface area contributed by atoms with Gasteiger partial charge in [0.05, 0.1) is 48.9 Å². The number of aliphatic hydroxyl groups is 1. The van der Waals surface area contributed by atoms with Crippen LogP contribution in [0.25, 0.3) is 22.4 Å². The van der Waals surface area contributed by atoms with E-state index in [0.29, 0.717) is 70.1 Å². The Morgan fingerprint density at radius 3 is 2.68 bits per heavy atom. The van der Waals surface area contributed by atoms with Crippen molar-refractivity contribution in [3.05, 3.63) is 54.5 Å². The maximum absolute atomic E-state index is 13.4. The number of nitrogens with two attached hydrogens (primary N) is 1. The van der Waals surface area contributed by atoms with Crippen LogP contribution in [0.1, 0.15) is 26.5 Å². The number of nitrogens with zero attached hydrogens (tertiary/aromatic N) is 5. The lowest BCUT2D eigenvalue weighted by Gasteiger charge is -2.45. The summed E-state index contributed by atoms with van der Waals surface area (Å²) in [7, 11) is -1.93. The SMILES string of the molecule is C[C@@H]1COC[C@H]2COc3c(nc(-c4c(N)cnc5c4ccn5[SH+](=O)c4ccccc4)nc3C(C)(C)O)N21. The fourth-order valence-corrected chi connectivity index (χ4v) is 6.22. The van der Waals surface area contributed by atoms with Crippen molar-refractivity contribution in [1.29, 1.82) is 0 Å². The van der Waals surface area contributed by atoms with Gasteiger partial charge in [-0.15, -0.1) is 3.97 Å². The summed E-state index contributed by atoms with van der Waals surface area (Å²) in [6.07, 6.45) is 3.27. The molecule has 2 aliphatic heterocycles. The quantitative estimate of drug-likeness (QED) is 0.308. The van der Waals surface area contributed by atoms with Crippen LogP contribution < -0.4 is 15.4 Å². The Kier molecular flexibility index (Phi) is 5.66. The number of benzene rings is 1. The van der Waals surface area contributed by atoms with Crippen LogP contribution in [-0.4, -0.2) is 55.9 Å². The van der Waals surface area contributed by atoms with Crippen LogP contribution in [0, 0.1) is 0 Å². The maximum atomic E-state index is 13.4. The molecule has 1 aromatic carbocycles. The van der Waals surface area contributed by atoms with Gasteiger partial charge >= 0.3 is 0 Å². The average Bonchev–Trinajstić information content (AvgIpc) is 3.31. The van der Waals surface area contributed by atoms with Crippen LogP contribution in [0.3, 0.4) is 0 Å². The zero-order valence-electron chi connectivity index (χ0n) is 20.8. The van der Waals surface area contributed by atoms with Gasteiger partial charge in [0.2, 0.25) is 11.0 Å². The van der Waals surface area contributed by atoms with Crippen LogP contribution in [0.15, 0.2) is 53.7 Å². The molecule has 3 N–H and O–H groups in total. The number of hydrogen-bond donors (Lipinski definition) is 2. The minimum atomic E-state index is -1.93. The van der Waals surface area contributed by atoms with Crippen molar-refractivity contribution in [2.45, 2.75) is 43.4 Å². The van der Waals surface area contributed by atoms with E-state index in [4.69, 9.17) is 25.2 Å². The molecule has 0 saturated carbocycles. The van der Waals surface area contributed by atoms with Gasteiger partial charge in [0.1, 0.15) is 17.9 Å². The minimum absolute atomic E-state index is 0.000520. The summed E-state index contributed by atoms with van der Waals surface area (Å²) in [4.78, 5) is 17.1. The Balaban J connectivity index is 1.56. The van der Waals surface area contributed by atoms with E-state index < -0.39 is 16.6 Å². The molecule has 0 radical (unpaired) electrons. The molecule has 10 nitrogen and oxygen atoms in total. The highest BCUT2D eigenvalue weighted by Gasteiger charge is 2.40. The summed E-state index contributed by atoms with van der Waals surface area (Å²) < 4.78 is 26.8. The summed E-state index contributed by atoms with van der Waals surface area (Å²) in [5.74, 6) is 1.42. The zero-order chi connectivity index (χ0) is 25.9. The molecule has 2 aliphatic rings. The molecule has 11 heteroatoms. The molecular formula is C26H29N6O4S+. The van der Waals surface area contributed by atoms with Crippen molar-refractivity contribution < 1.29 is 18.8 Å². The third-order valence-electron chi connectivity index (χ3n) is 6.75. The van der Waals surface area contributed by atoms with E-state index in [-0.39, 0.29) is 12.1 Å². The molecule has 0 spiro atoms. The fraction of sp³-hybridized carbons (Fsp3) is 0.346. The van der Waals surface area contributed by atoms with Gasteiger partial charge in [0.15, 0.2) is 27.9 Å². The third-order valence-corrected chi connectivity index (χ3v) is 8.20. The van der Waals surface area contributed by atoms with Gasteiger partial charge in [0.25, 0.3) is 0 Å². The molecule has 1 saturated heterocycles. The Morgan fingerprint density at radius 2 is 1.92 bits per heavy atom. The number of thiol groups is 1. The standard InChI is InChI=1S/C26H28N6O4S/c1-15-12-35-13-16-14-36-21-22(26(2,3)33)29-23(30-25(21)32(15)16)20-18-9-10-31(24(18)28-11-19(20)27)37(34)17-7-5-4-6-8-17/h4-11,15-16,33H,12-14,27H2,1-3H3/p+1/t15-,16+,37?/m1/s1. The predicted octanol–water partition coefficient (Wildman–Crippen LogP) is 2.81. The summed E-state index contributed by atoms with van der Waals surface area (Å²) >= 11 is 0. The van der Waals surface area contributed by atoms with Crippen molar-refractivity contribution in [1.82, 2.24) is 18.9 Å². The second kappa shape index (κ2) is 8.79. The molecule has 0 amide bonds. The summed E-state index contributed by atoms with van der Waals surface area (Å²) in [6, 6.07) is 11.1. The lowest BCUT2D eigenvalue weighted by Crippen LogP contribution is -2.56. The van der Waals surface area contributed by atoms with Crippen LogP contribution in [0.2, 0.25) is 0 Å². The minimum Gasteiger partial charge on any atom is -0.485 e. The van der Waals surface area contributed by atoms with E-state index in [1.54, 1.807) is 24.0 Å². The van der Waals surface area contributed by atoms with Crippen molar-refractivity contribution in [3.63, 3.8) is 0 Å². The van der Waals surface area contributed by atoms with Crippen molar-refractivity contribution >= 4 is 33.5 Å². The highest BCUT2D eigenvalue weighted by atomic mass is 32.2. The van der Waals surface area contributed by atoms with Gasteiger partial charge in [-0.1, -0.05) is 22.4 Å². The van der Waals surface area contributed by atoms with E-state index in [2.05, 4.69) is 16.8 Å². The van der Waals surface area contributed by atoms with E-state index in [0.717, 1.165) is 0 Å². The number of fused-ring (bicyclic) bond motifs is 4. The largest absolute Gasteiger partial charge is 0.485 e. The predicted molar refractivity (Wildman–Crippen MR) is 142 cm³/mol. The van der Waals surface area contributed by atoms with Crippen LogP contribution in [0.4, 0.5) is 11.5 Å². The average molecular weight is 522 g/mol. The van der Waals surface area contributed by atoms with Gasteiger partial charge < -0.3 is 25.2 Å². The molecule has 3 atom stereocenters. The number of ether oxygens (including phenoxy) is 2. The lowest BCUT2D eigenvalue weighted by atomic mass is 10.0. The maximum Gasteiger partial charge on any atom is 0.205 e. The third kappa shape index (κ3) is 3.94. The highest BCUT2D eigenvalue weighted by Crippen LogP contribution is 2.43. The van der Waals surface area contributed by atoms with E-state index in [1.165, 1.54) is 6.20 Å². The number of nitrogen functional groups attached to an aromatic ring is 1. The Hall–Kier alpha value is -3.54. The smallest absolute Gasteiger partial charge is 0.205 e. The summed E-state index contributed by atoms with van der Waals surface area (Å²) in [5.41, 5.74) is 6.99. The van der Waals surface area contributed by atoms with Gasteiger partial charge in [0, 0.05) is 5.39 Å². The van der Waals surface area contributed by atoms with Crippen LogP contribution in [-0.2, 0) is 25.5 Å². The first kappa shape index (κ1) is 23.8. The molecule has 4 aromatic rings. The van der Waals surface area contributed by atoms with Crippen molar-refractivity contribution in [2.75, 3.05) is 30.5 Å². The normalized spacial score (nSPS) is 20.3. The second-order valence-electron chi connectivity index (χ2n) is 9.96. The Labute approximate surface area is 216 Å². The molecule has 1 unspecified atom stereocenters. The van der Waals surface area contributed by atoms with E-state index in [1.807, 2.05) is 36.4 Å². The number of morpholine rings is 1. The fourth-order valence-electron chi connectivity index (χ4n) is 5.02. The number of aromatic nitrogens is 4.